The number of hydrogen-bond donors (Lipinski definition) is 1. The first-order valence-electron chi connectivity index (χ1n) is 7.05. The van der Waals surface area contributed by atoms with Gasteiger partial charge < -0.3 is 10.2 Å². The summed E-state index contributed by atoms with van der Waals surface area (Å²) in [6, 6.07) is 2.10. The number of nitrogens with one attached hydrogen (secondary N) is 1. The molecule has 6 heteroatoms. The van der Waals surface area contributed by atoms with Gasteiger partial charge in [0.15, 0.2) is 0 Å². The van der Waals surface area contributed by atoms with Crippen LogP contribution < -0.4 is 5.32 Å². The lowest BCUT2D eigenvalue weighted by atomic mass is 10.1. The highest BCUT2D eigenvalue weighted by atomic mass is 32.1. The number of aryl methyl sites for hydroxylation is 1. The Kier molecular flexibility index (Phi) is 6.25. The summed E-state index contributed by atoms with van der Waals surface area (Å²) in [5.41, 5.74) is 1.18. The predicted octanol–water partition coefficient (Wildman–Crippen LogP) is 4.33. The Morgan fingerprint density at radius 2 is 1.86 bits per heavy atom. The number of alkyl halides is 3. The molecule has 1 aromatic heterocycles. The molecule has 21 heavy (non-hydrogen) atoms. The lowest BCUT2D eigenvalue weighted by Gasteiger charge is -2.19. The molecule has 0 aromatic carbocycles. The second-order valence-corrected chi connectivity index (χ2v) is 7.84. The number of halogens is 3. The number of hydrogen-bond acceptors (Lipinski definition) is 3. The molecular weight excluding hydrogens is 297 g/mol. The summed E-state index contributed by atoms with van der Waals surface area (Å²) < 4.78 is 36.7. The Morgan fingerprint density at radius 3 is 2.38 bits per heavy atom. The molecule has 1 N–H and O–H groups in total. The Bertz CT molecular complexity index is 447. The molecule has 0 unspecified atom stereocenters. The largest absolute Gasteiger partial charge is 0.390 e. The van der Waals surface area contributed by atoms with E-state index in [1.54, 1.807) is 23.3 Å². The molecule has 0 saturated carbocycles. The van der Waals surface area contributed by atoms with Crippen LogP contribution in [0.4, 0.5) is 13.2 Å². The molecule has 1 aromatic rings. The summed E-state index contributed by atoms with van der Waals surface area (Å²) >= 11 is 1.71. The molecule has 0 atom stereocenters. The molecule has 0 radical (unpaired) electrons. The van der Waals surface area contributed by atoms with Crippen molar-refractivity contribution in [3.63, 3.8) is 0 Å². The van der Waals surface area contributed by atoms with Crippen LogP contribution in [0.25, 0.3) is 0 Å². The van der Waals surface area contributed by atoms with E-state index in [1.807, 2.05) is 6.92 Å². The van der Waals surface area contributed by atoms with E-state index in [0.717, 1.165) is 12.1 Å². The number of thiophene rings is 1. The quantitative estimate of drug-likeness (QED) is 0.838. The highest BCUT2D eigenvalue weighted by Crippen LogP contribution is 2.24. The van der Waals surface area contributed by atoms with Crippen LogP contribution in [0, 0.1) is 6.92 Å². The van der Waals surface area contributed by atoms with Crippen LogP contribution >= 0.6 is 11.3 Å². The standard InChI is InChI=1S/C15H25F3N2S/c1-11-12(10-20(5)7-6-15(16,17)18)8-13(21-11)9-19-14(2,3)4/h8,19H,6-7,9-10H2,1-5H3. The molecule has 0 aliphatic rings. The van der Waals surface area contributed by atoms with Crippen molar-refractivity contribution in [1.29, 1.82) is 0 Å². The molecule has 0 spiro atoms. The number of nitrogens with zero attached hydrogens (tertiary/aromatic N) is 1. The molecule has 0 aliphatic heterocycles. The van der Waals surface area contributed by atoms with Gasteiger partial charge >= 0.3 is 6.18 Å². The Labute approximate surface area is 129 Å². The molecule has 1 heterocycles. The smallest absolute Gasteiger partial charge is 0.307 e. The van der Waals surface area contributed by atoms with Gasteiger partial charge in [-0.3, -0.25) is 0 Å². The molecule has 1 rings (SSSR count). The molecule has 2 nitrogen and oxygen atoms in total. The average molecular weight is 322 g/mol. The van der Waals surface area contributed by atoms with Gasteiger partial charge in [-0.25, -0.2) is 0 Å². The average Bonchev–Trinajstić information content (AvgIpc) is 2.63. The summed E-state index contributed by atoms with van der Waals surface area (Å²) in [5.74, 6) is 0. The second-order valence-electron chi connectivity index (χ2n) is 6.50. The molecule has 0 fully saturated rings. The lowest BCUT2D eigenvalue weighted by molar-refractivity contribution is -0.137. The van der Waals surface area contributed by atoms with Gasteiger partial charge in [0.2, 0.25) is 0 Å². The Balaban J connectivity index is 2.54. The summed E-state index contributed by atoms with van der Waals surface area (Å²) in [6.45, 7) is 9.75. The molecule has 0 bridgehead atoms. The van der Waals surface area contributed by atoms with E-state index in [1.165, 1.54) is 9.75 Å². The maximum atomic E-state index is 12.2. The van der Waals surface area contributed by atoms with Crippen LogP contribution in [0.3, 0.4) is 0 Å². The fraction of sp³-hybridized carbons (Fsp3) is 0.733. The topological polar surface area (TPSA) is 15.3 Å². The minimum Gasteiger partial charge on any atom is -0.307 e. The van der Waals surface area contributed by atoms with Crippen LogP contribution in [0.5, 0.6) is 0 Å². The van der Waals surface area contributed by atoms with Gasteiger partial charge in [-0.2, -0.15) is 13.2 Å². The zero-order valence-electron chi connectivity index (χ0n) is 13.4. The van der Waals surface area contributed by atoms with Crippen molar-refractivity contribution in [2.75, 3.05) is 13.6 Å². The van der Waals surface area contributed by atoms with Gasteiger partial charge in [-0.1, -0.05) is 0 Å². The molecule has 0 aliphatic carbocycles. The summed E-state index contributed by atoms with van der Waals surface area (Å²) in [7, 11) is 1.73. The second kappa shape index (κ2) is 7.11. The summed E-state index contributed by atoms with van der Waals surface area (Å²) in [5, 5.41) is 3.43. The van der Waals surface area contributed by atoms with Gasteiger partial charge in [-0.15, -0.1) is 11.3 Å². The van der Waals surface area contributed by atoms with E-state index in [9.17, 15) is 13.2 Å². The normalized spacial score (nSPS) is 13.2. The van der Waals surface area contributed by atoms with Crippen LogP contribution in [-0.2, 0) is 13.1 Å². The van der Waals surface area contributed by atoms with Crippen molar-refractivity contribution in [3.8, 4) is 0 Å². The van der Waals surface area contributed by atoms with E-state index in [2.05, 4.69) is 32.2 Å². The third-order valence-corrected chi connectivity index (χ3v) is 4.17. The third kappa shape index (κ3) is 7.83. The first-order valence-corrected chi connectivity index (χ1v) is 7.86. The van der Waals surface area contributed by atoms with E-state index >= 15 is 0 Å². The fourth-order valence-corrected chi connectivity index (χ4v) is 2.86. The highest BCUT2D eigenvalue weighted by molar-refractivity contribution is 7.12. The zero-order valence-corrected chi connectivity index (χ0v) is 14.2. The maximum Gasteiger partial charge on any atom is 0.390 e. The van der Waals surface area contributed by atoms with E-state index in [-0.39, 0.29) is 12.1 Å². The Morgan fingerprint density at radius 1 is 1.24 bits per heavy atom. The van der Waals surface area contributed by atoms with Crippen LogP contribution in [0.1, 0.15) is 42.5 Å². The first kappa shape index (κ1) is 18.5. The van der Waals surface area contributed by atoms with Gasteiger partial charge in [0.25, 0.3) is 0 Å². The van der Waals surface area contributed by atoms with E-state index < -0.39 is 12.6 Å². The first-order chi connectivity index (χ1) is 9.46. The van der Waals surface area contributed by atoms with Crippen LogP contribution in [0.15, 0.2) is 6.07 Å². The maximum absolute atomic E-state index is 12.2. The van der Waals surface area contributed by atoms with Crippen molar-refractivity contribution in [1.82, 2.24) is 10.2 Å². The third-order valence-electron chi connectivity index (χ3n) is 3.08. The minimum atomic E-state index is -4.08. The molecule has 0 saturated heterocycles. The van der Waals surface area contributed by atoms with Gasteiger partial charge in [0.1, 0.15) is 0 Å². The van der Waals surface area contributed by atoms with Crippen LogP contribution in [0.2, 0.25) is 0 Å². The minimum absolute atomic E-state index is 0.0361. The van der Waals surface area contributed by atoms with E-state index in [0.29, 0.717) is 6.54 Å². The van der Waals surface area contributed by atoms with Crippen molar-refractivity contribution < 1.29 is 13.2 Å². The van der Waals surface area contributed by atoms with Crippen LogP contribution in [-0.4, -0.2) is 30.2 Å². The van der Waals surface area contributed by atoms with Gasteiger partial charge in [0.05, 0.1) is 6.42 Å². The van der Waals surface area contributed by atoms with Gasteiger partial charge in [-0.05, 0) is 46.4 Å². The van der Waals surface area contributed by atoms with Gasteiger partial charge in [0, 0.05) is 34.9 Å². The van der Waals surface area contributed by atoms with Crippen molar-refractivity contribution >= 4 is 11.3 Å². The monoisotopic (exact) mass is 322 g/mol. The SMILES string of the molecule is Cc1sc(CNC(C)(C)C)cc1CN(C)CCC(F)(F)F. The fourth-order valence-electron chi connectivity index (χ4n) is 1.87. The summed E-state index contributed by atoms with van der Waals surface area (Å²) in [4.78, 5) is 4.13. The lowest BCUT2D eigenvalue weighted by Crippen LogP contribution is -2.34. The Hall–Kier alpha value is -0.590. The highest BCUT2D eigenvalue weighted by Gasteiger charge is 2.27. The molecular formula is C15H25F3N2S. The summed E-state index contributed by atoms with van der Waals surface area (Å²) in [6.07, 6.45) is -4.84. The predicted molar refractivity (Wildman–Crippen MR) is 82.7 cm³/mol. The van der Waals surface area contributed by atoms with Crippen molar-refractivity contribution in [2.24, 2.45) is 0 Å². The van der Waals surface area contributed by atoms with Crippen molar-refractivity contribution in [2.45, 2.75) is 58.9 Å². The molecule has 122 valence electrons. The number of rotatable bonds is 6. The molecule has 0 amide bonds. The van der Waals surface area contributed by atoms with Crippen molar-refractivity contribution in [3.05, 3.63) is 21.4 Å². The van der Waals surface area contributed by atoms with E-state index in [4.69, 9.17) is 0 Å². The zero-order chi connectivity index (χ0) is 16.3.